The summed E-state index contributed by atoms with van der Waals surface area (Å²) in [7, 11) is 0. The Hall–Kier alpha value is -3.42. The van der Waals surface area contributed by atoms with Crippen molar-refractivity contribution in [2.75, 3.05) is 26.6 Å². The Labute approximate surface area is 803 Å². The van der Waals surface area contributed by atoms with Crippen LogP contribution in [-0.2, 0) is 52.3 Å². The van der Waals surface area contributed by atoms with Gasteiger partial charge >= 0.3 is 17.9 Å². The molecule has 1 aromatic rings. The number of fused-ring (bicyclic) bond motifs is 20. The Morgan fingerprint density at radius 2 is 0.891 bits per heavy atom. The standard InChI is InChI=1S/C33H49IO6.C33H45NO8.C20H28IN3O.C19H27IO/c1-7-27-19(2)20(3)30(38-21(4)35)31(39-27)40-29(36)14-17-37-23-12-15-32(5)22(18-23)8-9-24-25-10-11-28(34)33(25,6)16-13-26(24)32;1-32-12-9-21(40-15-11-27(36)42-31-30(39)29(38)28(37)26(18-35)41-31)16-20(32)5-6-22-24-8-7-23(19-4-3-14-34-17-19)33(24,2)13-10-25(22)32;1-19-9-7-14(25-12-23-24-22)11-13(19)3-4-15-16-5-6-18(21)20(16,2)10-8-17(15)19;1-18-9-7-13(21)11-12(18)3-4-14-15-5-6-17(20)19(15,2)10-8-16(14)18/h8,11,19-20,23-27,30-31H,7,9-10,12-18H2,1-6H3;3-5,7,14,17,21-22,24-26,28-31,35,37-39H,6,8-13,15-16,18H2,1-2H3;3,6,14-17H,4-5,7-12H2,1-2H3;3,6,13-16,21H,4-5,7-11H2,1-2H3/t19-,20-,23-,24-,25-,26?,27+,30+,31-,32-,33-;21-,22-,24-,25?,26+,28+,29-,30+,31-,32-,33+;14-,15-,16-,17?,19-,20-;13-,14-,15-,16?,18-,19-/m0000/s1. The molecule has 23 heteroatoms. The van der Waals surface area contributed by atoms with Crippen molar-refractivity contribution in [2.24, 2.45) is 131 Å². The van der Waals surface area contributed by atoms with E-state index in [0.717, 1.165) is 137 Å². The smallest absolute Gasteiger partial charge is 0.310 e. The van der Waals surface area contributed by atoms with Crippen LogP contribution in [0.15, 0.2) is 111 Å². The first kappa shape index (κ1) is 97.7. The Balaban J connectivity index is 0.000000130. The summed E-state index contributed by atoms with van der Waals surface area (Å²) in [4.78, 5) is 44.1. The quantitative estimate of drug-likeness (QED) is 0.0184. The molecule has 2 saturated heterocycles. The minimum absolute atomic E-state index is 0.0287. The monoisotopic (exact) mass is 2100 g/mol. The molecule has 128 heavy (non-hydrogen) atoms. The highest BCUT2D eigenvalue weighted by Gasteiger charge is 2.63. The van der Waals surface area contributed by atoms with Crippen molar-refractivity contribution in [1.29, 1.82) is 0 Å². The van der Waals surface area contributed by atoms with Crippen LogP contribution in [0.3, 0.4) is 0 Å². The molecule has 10 fully saturated rings. The maximum absolute atomic E-state index is 12.8. The van der Waals surface area contributed by atoms with E-state index in [1.807, 2.05) is 25.4 Å². The number of azide groups is 1. The van der Waals surface area contributed by atoms with E-state index in [9.17, 15) is 39.9 Å². The van der Waals surface area contributed by atoms with Crippen LogP contribution in [0.4, 0.5) is 0 Å². The lowest BCUT2D eigenvalue weighted by Gasteiger charge is -2.58. The average molecular weight is 2100 g/mol. The zero-order chi connectivity index (χ0) is 91.0. The fraction of sp³-hybridized carbons (Fsp3) is 0.771. The lowest BCUT2D eigenvalue weighted by Crippen LogP contribution is -2.59. The highest BCUT2D eigenvalue weighted by Crippen LogP contribution is 2.71. The zero-order valence-corrected chi connectivity index (χ0v) is 84.8. The maximum atomic E-state index is 12.8. The molecule has 0 aromatic carbocycles. The third-order valence-electron chi connectivity index (χ3n) is 38.6. The molecule has 16 aliphatic carbocycles. The Morgan fingerprint density at radius 3 is 1.32 bits per heavy atom. The van der Waals surface area contributed by atoms with E-state index in [-0.39, 0.29) is 90.7 Å². The van der Waals surface area contributed by atoms with Gasteiger partial charge in [-0.15, -0.1) is 0 Å². The van der Waals surface area contributed by atoms with Crippen LogP contribution in [-0.4, -0.2) is 149 Å². The van der Waals surface area contributed by atoms with Crippen LogP contribution in [0.5, 0.6) is 0 Å². The average Bonchev–Trinajstić information content (AvgIpc) is 1.47. The van der Waals surface area contributed by atoms with Crippen molar-refractivity contribution in [2.45, 2.75) is 356 Å². The van der Waals surface area contributed by atoms with E-state index in [0.29, 0.717) is 51.4 Å². The summed E-state index contributed by atoms with van der Waals surface area (Å²) in [5, 5.41) is 52.8. The number of rotatable bonds is 17. The summed E-state index contributed by atoms with van der Waals surface area (Å²) in [6.07, 6.45) is 49.5. The van der Waals surface area contributed by atoms with Crippen molar-refractivity contribution < 1.29 is 77.8 Å². The van der Waals surface area contributed by atoms with Gasteiger partial charge in [-0.25, -0.2) is 0 Å². The van der Waals surface area contributed by atoms with Crippen molar-refractivity contribution in [1.82, 2.24) is 4.98 Å². The first-order valence-electron chi connectivity index (χ1n) is 49.6. The number of halogens is 3. The molecular formula is C105H149I3N4O16. The lowest BCUT2D eigenvalue weighted by molar-refractivity contribution is -0.292. The van der Waals surface area contributed by atoms with Crippen LogP contribution in [0.25, 0.3) is 16.0 Å². The minimum atomic E-state index is -1.61. The van der Waals surface area contributed by atoms with E-state index in [1.165, 1.54) is 126 Å². The number of hydrogen-bond donors (Lipinski definition) is 5. The van der Waals surface area contributed by atoms with E-state index < -0.39 is 61.6 Å². The number of aliphatic hydroxyl groups is 5. The van der Waals surface area contributed by atoms with Crippen molar-refractivity contribution in [3.05, 3.63) is 122 Å². The van der Waals surface area contributed by atoms with Gasteiger partial charge < -0.3 is 63.4 Å². The van der Waals surface area contributed by atoms with Gasteiger partial charge in [0.15, 0.2) is 6.10 Å². The molecule has 0 bridgehead atoms. The van der Waals surface area contributed by atoms with Gasteiger partial charge in [-0.1, -0.05) is 158 Å². The Kier molecular flexibility index (Phi) is 30.2. The number of hydrogen-bond acceptors (Lipinski definition) is 18. The van der Waals surface area contributed by atoms with Gasteiger partial charge in [0.25, 0.3) is 0 Å². The third kappa shape index (κ3) is 18.4. The van der Waals surface area contributed by atoms with Crippen LogP contribution >= 0.6 is 67.8 Å². The van der Waals surface area contributed by atoms with Gasteiger partial charge in [-0.2, -0.15) is 0 Å². The van der Waals surface area contributed by atoms with Crippen molar-refractivity contribution in [3.63, 3.8) is 0 Å². The van der Waals surface area contributed by atoms with Gasteiger partial charge in [-0.3, -0.25) is 19.4 Å². The summed E-state index contributed by atoms with van der Waals surface area (Å²) in [6, 6.07) is 4.24. The predicted octanol–water partition coefficient (Wildman–Crippen LogP) is 22.5. The number of allylic oxidation sites excluding steroid dienone is 12. The number of carbonyl (C=O) groups is 3. The van der Waals surface area contributed by atoms with Crippen LogP contribution in [0.2, 0.25) is 0 Å². The fourth-order valence-corrected chi connectivity index (χ4v) is 33.3. The van der Waals surface area contributed by atoms with Gasteiger partial charge in [-0.05, 0) is 391 Å². The summed E-state index contributed by atoms with van der Waals surface area (Å²) in [5.74, 6) is 8.31. The highest BCUT2D eigenvalue weighted by molar-refractivity contribution is 14.1. The molecule has 0 amide bonds. The molecule has 2 aliphatic heterocycles. The summed E-state index contributed by atoms with van der Waals surface area (Å²) in [5.41, 5.74) is 20.2. The molecule has 1 aromatic heterocycles. The number of nitrogens with zero attached hydrogens (tertiary/aromatic N) is 4. The first-order valence-corrected chi connectivity index (χ1v) is 52.8. The number of esters is 3. The normalized spacial score (nSPS) is 45.4. The molecule has 5 N–H and O–H groups in total. The van der Waals surface area contributed by atoms with Gasteiger partial charge in [0.1, 0.15) is 31.1 Å². The molecule has 20 nitrogen and oxygen atoms in total. The number of aromatic nitrogens is 1. The molecular weight excluding hydrogens is 1950 g/mol. The van der Waals surface area contributed by atoms with E-state index in [1.54, 1.807) is 27.5 Å². The molecule has 3 heterocycles. The summed E-state index contributed by atoms with van der Waals surface area (Å²) < 4.78 is 50.8. The van der Waals surface area contributed by atoms with E-state index >= 15 is 0 Å². The first-order chi connectivity index (χ1) is 61.1. The second-order valence-corrected chi connectivity index (χ2v) is 48.0. The van der Waals surface area contributed by atoms with E-state index in [2.05, 4.69) is 207 Å². The zero-order valence-electron chi connectivity index (χ0n) is 78.3. The second kappa shape index (κ2) is 39.6. The maximum Gasteiger partial charge on any atom is 0.310 e. The number of pyridine rings is 1. The molecule has 4 unspecified atom stereocenters. The number of aliphatic hydroxyl groups excluding tert-OH is 5. The number of carbonyl (C=O) groups excluding carboxylic acids is 3. The lowest BCUT2D eigenvalue weighted by atomic mass is 9.47. The van der Waals surface area contributed by atoms with Crippen molar-refractivity contribution >= 4 is 91.3 Å². The largest absolute Gasteiger partial charge is 0.456 e. The summed E-state index contributed by atoms with van der Waals surface area (Å²) in [6.45, 7) is 27.7. The van der Waals surface area contributed by atoms with Crippen LogP contribution in [0.1, 0.15) is 288 Å². The van der Waals surface area contributed by atoms with Crippen LogP contribution < -0.4 is 0 Å². The molecule has 34 atom stereocenters. The SMILES string of the molecule is CC[C@H]1O[C@@H](OC(=O)CCO[C@H]2CC[C@@]3(C)C(=CC[C@@H]4C3CC[C@]3(C)C(I)=CC[C@@H]43)C2)[C@H](OC(C)=O)[C@@H](C)[C@@H]1C.C[C@]12CC[C@H](O)CC1=CC[C@@H]1C2CC[C@]2(C)C(I)=CC[C@@H]12.C[C@]12CC[C@H](OCCC(=O)O[C@@H]3O[C@H](CO)[C@@H](O)[C@H](O)[C@H]3O)CC1=CC[C@@H]1C2CC[C@]2(C)C(c3cccnc3)=CC[C@@H]12.C[C@]12CC[C@H](OCN=[N+]=[N-])CC1=CC[C@@H]1C2CC[C@]2(C)C(I)=CC[C@@H]12. The topological polar surface area (TPSA) is 288 Å². The fourth-order valence-electron chi connectivity index (χ4n) is 30.5. The highest BCUT2D eigenvalue weighted by atomic mass is 127. The molecule has 18 aliphatic rings. The second-order valence-electron chi connectivity index (χ2n) is 44.5. The minimum Gasteiger partial charge on any atom is -0.456 e. The third-order valence-corrected chi connectivity index (χ3v) is 43.6. The number of ether oxygens (including phenoxy) is 8. The molecule has 0 radical (unpaired) electrons. The molecule has 19 rings (SSSR count). The van der Waals surface area contributed by atoms with Gasteiger partial charge in [0.2, 0.25) is 12.6 Å². The Bertz CT molecular complexity index is 4520. The molecule has 8 saturated carbocycles. The van der Waals surface area contributed by atoms with Crippen LogP contribution in [0, 0.1) is 126 Å². The molecule has 0 spiro atoms. The molecule has 706 valence electrons. The van der Waals surface area contributed by atoms with Gasteiger partial charge in [0, 0.05) is 46.4 Å². The van der Waals surface area contributed by atoms with Crippen molar-refractivity contribution in [3.8, 4) is 0 Å². The van der Waals surface area contributed by atoms with E-state index in [4.69, 9.17) is 43.4 Å². The summed E-state index contributed by atoms with van der Waals surface area (Å²) >= 11 is 7.81. The predicted molar refractivity (Wildman–Crippen MR) is 519 cm³/mol. The Morgan fingerprint density at radius 1 is 0.484 bits per heavy atom. The van der Waals surface area contributed by atoms with Gasteiger partial charge in [0.05, 0.1) is 63.2 Å².